The number of aromatic nitrogens is 3. The Labute approximate surface area is 343 Å². The van der Waals surface area contributed by atoms with Crippen molar-refractivity contribution < 1.29 is 33.3 Å². The van der Waals surface area contributed by atoms with Crippen molar-refractivity contribution in [2.24, 2.45) is 4.99 Å². The molecule has 1 atom stereocenters. The Morgan fingerprint density at radius 3 is 2.12 bits per heavy atom. The lowest BCUT2D eigenvalue weighted by atomic mass is 9.99. The Bertz CT molecular complexity index is 1840. The number of rotatable bonds is 24. The monoisotopic (exact) mass is 826 g/mol. The number of hydrogen-bond donors (Lipinski definition) is 3. The number of hydrogen-bond acceptors (Lipinski definition) is 12. The molecule has 0 bridgehead atoms. The molecular formula is C40H55ClN8O7S. The van der Waals surface area contributed by atoms with Crippen LogP contribution in [0.15, 0.2) is 41.4 Å². The fraction of sp³-hybridized carbons (Fsp3) is 0.550. The van der Waals surface area contributed by atoms with Gasteiger partial charge >= 0.3 is 0 Å². The van der Waals surface area contributed by atoms with Gasteiger partial charge in [0.05, 0.1) is 65.0 Å². The van der Waals surface area contributed by atoms with Gasteiger partial charge in [-0.15, -0.1) is 21.5 Å². The van der Waals surface area contributed by atoms with Crippen LogP contribution in [-0.4, -0.2) is 135 Å². The number of aryl methyl sites for hydroxylation is 2. The lowest BCUT2D eigenvalue weighted by Crippen LogP contribution is -2.37. The number of aliphatic imine (C=N–C) groups is 1. The minimum Gasteiger partial charge on any atom is -0.379 e. The largest absolute Gasteiger partial charge is 0.379 e. The third-order valence-electron chi connectivity index (χ3n) is 9.56. The molecule has 3 amide bonds. The number of fused-ring (bicyclic) bond motifs is 3. The quantitative estimate of drug-likeness (QED) is 0.0896. The summed E-state index contributed by atoms with van der Waals surface area (Å²) in [5, 5.41) is 19.0. The molecule has 1 aromatic carbocycles. The number of likely N-dealkylation sites (tertiary alicyclic amines) is 1. The van der Waals surface area contributed by atoms with Gasteiger partial charge in [-0.3, -0.25) is 28.8 Å². The van der Waals surface area contributed by atoms with Crippen LogP contribution in [0.25, 0.3) is 5.00 Å². The van der Waals surface area contributed by atoms with Crippen LogP contribution in [0.2, 0.25) is 5.02 Å². The minimum atomic E-state index is -0.542. The van der Waals surface area contributed by atoms with Crippen molar-refractivity contribution in [3.05, 3.63) is 74.7 Å². The second-order valence-corrected chi connectivity index (χ2v) is 15.5. The highest BCUT2D eigenvalue weighted by Gasteiger charge is 2.32. The molecule has 17 heteroatoms. The summed E-state index contributed by atoms with van der Waals surface area (Å²) in [5.41, 5.74) is 4.42. The summed E-state index contributed by atoms with van der Waals surface area (Å²) in [7, 11) is 0. The van der Waals surface area contributed by atoms with Crippen molar-refractivity contribution in [2.75, 3.05) is 92.1 Å². The molecule has 1 saturated heterocycles. The second-order valence-electron chi connectivity index (χ2n) is 13.9. The molecule has 15 nitrogen and oxygen atoms in total. The van der Waals surface area contributed by atoms with E-state index in [1.165, 1.54) is 4.88 Å². The van der Waals surface area contributed by atoms with Gasteiger partial charge in [-0.1, -0.05) is 30.3 Å². The van der Waals surface area contributed by atoms with E-state index in [-0.39, 0.29) is 37.2 Å². The van der Waals surface area contributed by atoms with Gasteiger partial charge in [0.2, 0.25) is 17.7 Å². The van der Waals surface area contributed by atoms with Gasteiger partial charge in [0, 0.05) is 59.2 Å². The number of carbonyl (C=O) groups excluding carboxylic acids is 3. The van der Waals surface area contributed by atoms with Crippen LogP contribution < -0.4 is 16.0 Å². The van der Waals surface area contributed by atoms with E-state index < -0.39 is 6.04 Å². The lowest BCUT2D eigenvalue weighted by molar-refractivity contribution is -0.123. The molecule has 0 spiro atoms. The normalized spacial score (nSPS) is 15.1. The van der Waals surface area contributed by atoms with Crippen molar-refractivity contribution >= 4 is 46.4 Å². The van der Waals surface area contributed by atoms with Gasteiger partial charge in [-0.05, 0) is 64.4 Å². The maximum Gasteiger partial charge on any atom is 0.247 e. The van der Waals surface area contributed by atoms with E-state index in [0.29, 0.717) is 88.8 Å². The van der Waals surface area contributed by atoms with Gasteiger partial charge in [-0.2, -0.15) is 0 Å². The smallest absolute Gasteiger partial charge is 0.247 e. The van der Waals surface area contributed by atoms with Crippen LogP contribution in [0, 0.1) is 20.8 Å². The Morgan fingerprint density at radius 2 is 1.44 bits per heavy atom. The number of amides is 3. The van der Waals surface area contributed by atoms with Crippen LogP contribution in [0.3, 0.4) is 0 Å². The molecule has 3 N–H and O–H groups in total. The maximum atomic E-state index is 13.1. The first-order valence-corrected chi connectivity index (χ1v) is 20.7. The van der Waals surface area contributed by atoms with Gasteiger partial charge < -0.3 is 34.9 Å². The molecule has 4 heterocycles. The summed E-state index contributed by atoms with van der Waals surface area (Å²) in [6, 6.07) is 7.05. The Kier molecular flexibility index (Phi) is 17.6. The molecular weight excluding hydrogens is 772 g/mol. The van der Waals surface area contributed by atoms with Crippen LogP contribution in [0.5, 0.6) is 0 Å². The van der Waals surface area contributed by atoms with E-state index in [1.54, 1.807) is 11.3 Å². The van der Waals surface area contributed by atoms with E-state index in [1.807, 2.05) is 35.8 Å². The fourth-order valence-electron chi connectivity index (χ4n) is 6.44. The molecule has 310 valence electrons. The highest BCUT2D eigenvalue weighted by Crippen LogP contribution is 2.39. The maximum absolute atomic E-state index is 13.1. The number of nitrogens with one attached hydrogen (secondary N) is 3. The van der Waals surface area contributed by atoms with E-state index in [0.717, 1.165) is 59.2 Å². The van der Waals surface area contributed by atoms with Gasteiger partial charge in [-0.25, -0.2) is 0 Å². The lowest BCUT2D eigenvalue weighted by Gasteiger charge is -2.16. The Morgan fingerprint density at radius 1 is 0.825 bits per heavy atom. The number of nitrogens with zero attached hydrogens (tertiary/aromatic N) is 5. The number of carbonyl (C=O) groups is 3. The molecule has 2 aromatic heterocycles. The van der Waals surface area contributed by atoms with Crippen LogP contribution in [0.4, 0.5) is 0 Å². The van der Waals surface area contributed by atoms with Gasteiger partial charge in [0.25, 0.3) is 0 Å². The fourth-order valence-corrected chi connectivity index (χ4v) is 7.78. The van der Waals surface area contributed by atoms with E-state index in [4.69, 9.17) is 35.5 Å². The Balaban J connectivity index is 0.879. The van der Waals surface area contributed by atoms with Crippen molar-refractivity contribution in [3.63, 3.8) is 0 Å². The number of ether oxygens (including phenoxy) is 4. The van der Waals surface area contributed by atoms with Crippen molar-refractivity contribution in [3.8, 4) is 5.00 Å². The molecule has 0 radical (unpaired) electrons. The third kappa shape index (κ3) is 13.2. The summed E-state index contributed by atoms with van der Waals surface area (Å²) in [6.07, 6.45) is 2.65. The molecule has 5 rings (SSSR count). The summed E-state index contributed by atoms with van der Waals surface area (Å²) < 4.78 is 24.2. The second kappa shape index (κ2) is 22.8. The van der Waals surface area contributed by atoms with Crippen molar-refractivity contribution in [1.82, 2.24) is 35.6 Å². The standard InChI is InChI=1S/C40H55ClN8O7S/c1-27(26-48-15-5-6-16-48)39(52)44-13-12-42-34(50)11-17-53-19-21-55-23-24-56-22-20-54-18-14-43-35(51)25-33-38-47-46-30(4)49(38)40-36(28(2)29(3)57-40)37(45-33)31-7-9-32(41)10-8-31/h7-10,33H,1,5-6,11-26H2,2-4H3,(H,42,50)(H,43,51)(H,44,52)/t33-/m1/s1. The zero-order valence-corrected chi connectivity index (χ0v) is 34.8. The first kappa shape index (κ1) is 44.1. The summed E-state index contributed by atoms with van der Waals surface area (Å²) in [6.45, 7) is 16.5. The highest BCUT2D eigenvalue weighted by molar-refractivity contribution is 7.15. The zero-order valence-electron chi connectivity index (χ0n) is 33.2. The zero-order chi connectivity index (χ0) is 40.6. The van der Waals surface area contributed by atoms with Crippen LogP contribution in [-0.2, 0) is 33.3 Å². The van der Waals surface area contributed by atoms with Crippen LogP contribution >= 0.6 is 22.9 Å². The topological polar surface area (TPSA) is 171 Å². The highest BCUT2D eigenvalue weighted by atomic mass is 35.5. The van der Waals surface area contributed by atoms with Gasteiger partial charge in [0.1, 0.15) is 16.9 Å². The third-order valence-corrected chi connectivity index (χ3v) is 11.0. The van der Waals surface area contributed by atoms with Crippen LogP contribution in [0.1, 0.15) is 64.9 Å². The molecule has 0 unspecified atom stereocenters. The predicted molar refractivity (Wildman–Crippen MR) is 220 cm³/mol. The van der Waals surface area contributed by atoms with Gasteiger partial charge in [0.15, 0.2) is 5.82 Å². The molecule has 57 heavy (non-hydrogen) atoms. The summed E-state index contributed by atoms with van der Waals surface area (Å²) >= 11 is 7.88. The molecule has 3 aromatic rings. The molecule has 2 aliphatic rings. The SMILES string of the molecule is C=C(CN1CCCC1)C(=O)NCCNC(=O)CCOCCOCCOCCOCCNC(=O)C[C@H]1N=C(c2ccc(Cl)cc2)c2c(sc(C)c2C)-n2c(C)nnc21. The average Bonchev–Trinajstić information content (AvgIpc) is 3.90. The molecule has 1 fully saturated rings. The number of halogens is 1. The first-order valence-electron chi connectivity index (χ1n) is 19.5. The molecule has 2 aliphatic heterocycles. The molecule has 0 saturated carbocycles. The van der Waals surface area contributed by atoms with Crippen molar-refractivity contribution in [2.45, 2.75) is 52.5 Å². The summed E-state index contributed by atoms with van der Waals surface area (Å²) in [4.78, 5) is 45.8. The molecule has 0 aliphatic carbocycles. The number of thiophene rings is 1. The first-order chi connectivity index (χ1) is 27.6. The number of benzene rings is 1. The van der Waals surface area contributed by atoms with E-state index in [9.17, 15) is 14.4 Å². The summed E-state index contributed by atoms with van der Waals surface area (Å²) in [5.74, 6) is 0.886. The average molecular weight is 827 g/mol. The van der Waals surface area contributed by atoms with E-state index >= 15 is 0 Å². The Hall–Kier alpha value is -4.03. The minimum absolute atomic E-state index is 0.101. The predicted octanol–water partition coefficient (Wildman–Crippen LogP) is 3.65. The van der Waals surface area contributed by atoms with Crippen molar-refractivity contribution in [1.29, 1.82) is 0 Å². The van der Waals surface area contributed by atoms with E-state index in [2.05, 4.69) is 51.5 Å².